The van der Waals surface area contributed by atoms with E-state index in [0.717, 1.165) is 31.9 Å². The molecule has 1 unspecified atom stereocenters. The summed E-state index contributed by atoms with van der Waals surface area (Å²) >= 11 is 0. The number of amides is 2. The molecule has 1 atom stereocenters. The topological polar surface area (TPSA) is 70.7 Å². The minimum atomic E-state index is -4.85. The maximum Gasteiger partial charge on any atom is 0.573 e. The van der Waals surface area contributed by atoms with Crippen LogP contribution in [0, 0.1) is 11.3 Å². The summed E-state index contributed by atoms with van der Waals surface area (Å²) in [7, 11) is 0. The lowest BCUT2D eigenvalue weighted by molar-refractivity contribution is -0.274. The molecule has 192 valence electrons. The lowest BCUT2D eigenvalue weighted by Gasteiger charge is -2.33. The molecule has 1 saturated heterocycles. The van der Waals surface area contributed by atoms with Gasteiger partial charge in [0.15, 0.2) is 0 Å². The van der Waals surface area contributed by atoms with E-state index >= 15 is 0 Å². The van der Waals surface area contributed by atoms with Gasteiger partial charge >= 0.3 is 12.5 Å². The highest BCUT2D eigenvalue weighted by Crippen LogP contribution is 2.40. The fourth-order valence-corrected chi connectivity index (χ4v) is 3.60. The molecule has 0 aliphatic carbocycles. The summed E-state index contributed by atoms with van der Waals surface area (Å²) in [5.74, 6) is -1.88. The van der Waals surface area contributed by atoms with E-state index in [1.54, 1.807) is 0 Å². The van der Waals surface area contributed by atoms with Crippen molar-refractivity contribution in [1.29, 1.82) is 0 Å². The molecule has 6 nitrogen and oxygen atoms in total. The third kappa shape index (κ3) is 7.78. The van der Waals surface area contributed by atoms with Crippen LogP contribution in [0.25, 0.3) is 0 Å². The number of ether oxygens (including phenoxy) is 1. The van der Waals surface area contributed by atoms with Gasteiger partial charge in [0, 0.05) is 25.2 Å². The average Bonchev–Trinajstić information content (AvgIpc) is 2.75. The van der Waals surface area contributed by atoms with Crippen LogP contribution in [0.2, 0.25) is 0 Å². The second-order valence-corrected chi connectivity index (χ2v) is 8.51. The van der Waals surface area contributed by atoms with Crippen molar-refractivity contribution in [2.75, 3.05) is 32.7 Å². The number of piperidine rings is 1. The monoisotopic (exact) mass is 497 g/mol. The molecule has 1 heterocycles. The number of likely N-dealkylation sites (tertiary alicyclic amines) is 1. The zero-order valence-electron chi connectivity index (χ0n) is 19.0. The Balaban J connectivity index is 1.72. The van der Waals surface area contributed by atoms with Crippen molar-refractivity contribution in [3.8, 4) is 5.75 Å². The minimum absolute atomic E-state index is 0.0489. The second-order valence-electron chi connectivity index (χ2n) is 8.51. The summed E-state index contributed by atoms with van der Waals surface area (Å²) in [6, 6.07) is 4.80. The normalized spacial score (nSPS) is 17.6. The van der Waals surface area contributed by atoms with E-state index in [0.29, 0.717) is 26.2 Å². The standard InChI is InChI=1S/C22H29F6N3O3/c1-3-20(2,21(23,24)25)19(33)29-9-12-31-10-7-15(8-11-31)14-30-18(32)16-5-4-6-17(13-16)34-22(26,27)28/h4-6,13,15H,3,7-12,14H2,1-2H3,(H,29,33)(H,30,32). The number of carbonyl (C=O) groups excluding carboxylic acids is 2. The third-order valence-electron chi connectivity index (χ3n) is 6.14. The maximum absolute atomic E-state index is 13.2. The van der Waals surface area contributed by atoms with Gasteiger partial charge < -0.3 is 20.3 Å². The number of alkyl halides is 6. The molecule has 0 spiro atoms. The molecule has 1 fully saturated rings. The van der Waals surface area contributed by atoms with Gasteiger partial charge in [-0.3, -0.25) is 9.59 Å². The Morgan fingerprint density at radius 2 is 1.74 bits per heavy atom. The molecule has 1 aromatic rings. The molecule has 0 saturated carbocycles. The molecule has 0 bridgehead atoms. The van der Waals surface area contributed by atoms with Crippen molar-refractivity contribution >= 4 is 11.8 Å². The van der Waals surface area contributed by atoms with E-state index in [-0.39, 0.29) is 24.4 Å². The molecule has 0 radical (unpaired) electrons. The highest BCUT2D eigenvalue weighted by atomic mass is 19.4. The average molecular weight is 497 g/mol. The molecule has 34 heavy (non-hydrogen) atoms. The van der Waals surface area contributed by atoms with E-state index < -0.39 is 35.5 Å². The van der Waals surface area contributed by atoms with E-state index in [4.69, 9.17) is 0 Å². The quantitative estimate of drug-likeness (QED) is 0.504. The van der Waals surface area contributed by atoms with Crippen LogP contribution in [0.1, 0.15) is 43.5 Å². The number of hydrogen-bond acceptors (Lipinski definition) is 4. The smallest absolute Gasteiger partial charge is 0.406 e. The Morgan fingerprint density at radius 3 is 2.29 bits per heavy atom. The van der Waals surface area contributed by atoms with Crippen LogP contribution in [-0.4, -0.2) is 62.0 Å². The van der Waals surface area contributed by atoms with E-state index in [1.807, 2.05) is 4.90 Å². The SMILES string of the molecule is CCC(C)(C(=O)NCCN1CCC(CNC(=O)c2cccc(OC(F)(F)F)c2)CC1)C(F)(F)F. The number of nitrogens with one attached hydrogen (secondary N) is 2. The molecule has 2 N–H and O–H groups in total. The molecule has 2 rings (SSSR count). The summed E-state index contributed by atoms with van der Waals surface area (Å²) in [4.78, 5) is 26.3. The number of nitrogens with zero attached hydrogens (tertiary/aromatic N) is 1. The van der Waals surface area contributed by atoms with Gasteiger partial charge in [0.25, 0.3) is 5.91 Å². The van der Waals surface area contributed by atoms with Gasteiger partial charge in [-0.1, -0.05) is 13.0 Å². The van der Waals surface area contributed by atoms with Gasteiger partial charge in [0.05, 0.1) is 0 Å². The highest BCUT2D eigenvalue weighted by Gasteiger charge is 2.55. The van der Waals surface area contributed by atoms with Crippen LogP contribution >= 0.6 is 0 Å². The highest BCUT2D eigenvalue weighted by molar-refractivity contribution is 5.94. The summed E-state index contributed by atoms with van der Waals surface area (Å²) in [6.45, 7) is 4.36. The minimum Gasteiger partial charge on any atom is -0.406 e. The van der Waals surface area contributed by atoms with Gasteiger partial charge in [-0.05, 0) is 63.4 Å². The first kappa shape index (κ1) is 27.7. The Kier molecular flexibility index (Phi) is 9.21. The fourth-order valence-electron chi connectivity index (χ4n) is 3.60. The molecule has 1 aliphatic rings. The van der Waals surface area contributed by atoms with Crippen molar-refractivity contribution in [1.82, 2.24) is 15.5 Å². The van der Waals surface area contributed by atoms with Crippen molar-refractivity contribution in [2.45, 2.75) is 45.6 Å². The second kappa shape index (κ2) is 11.3. The van der Waals surface area contributed by atoms with Gasteiger partial charge in [-0.2, -0.15) is 13.2 Å². The van der Waals surface area contributed by atoms with Crippen LogP contribution < -0.4 is 15.4 Å². The Hall–Kier alpha value is -2.50. The number of benzene rings is 1. The van der Waals surface area contributed by atoms with Crippen molar-refractivity contribution < 1.29 is 40.7 Å². The van der Waals surface area contributed by atoms with Gasteiger partial charge in [-0.25, -0.2) is 0 Å². The first-order chi connectivity index (χ1) is 15.7. The molecule has 0 aromatic heterocycles. The van der Waals surface area contributed by atoms with E-state index in [9.17, 15) is 35.9 Å². The first-order valence-electron chi connectivity index (χ1n) is 11.0. The summed E-state index contributed by atoms with van der Waals surface area (Å²) in [5, 5.41) is 5.09. The zero-order valence-corrected chi connectivity index (χ0v) is 19.0. The van der Waals surface area contributed by atoms with Gasteiger partial charge in [-0.15, -0.1) is 13.2 Å². The lowest BCUT2D eigenvalue weighted by atomic mass is 9.85. The first-order valence-corrected chi connectivity index (χ1v) is 11.0. The van der Waals surface area contributed by atoms with Crippen LogP contribution in [0.15, 0.2) is 24.3 Å². The van der Waals surface area contributed by atoms with Crippen molar-refractivity contribution in [3.05, 3.63) is 29.8 Å². The lowest BCUT2D eigenvalue weighted by Crippen LogP contribution is -2.50. The van der Waals surface area contributed by atoms with E-state index in [2.05, 4.69) is 15.4 Å². The summed E-state index contributed by atoms with van der Waals surface area (Å²) in [6.07, 6.45) is -8.37. The molecule has 12 heteroatoms. The predicted molar refractivity (Wildman–Crippen MR) is 112 cm³/mol. The van der Waals surface area contributed by atoms with Gasteiger partial charge in [0.2, 0.25) is 5.91 Å². The molecule has 2 amide bonds. The number of hydrogen-bond donors (Lipinski definition) is 2. The molecular weight excluding hydrogens is 468 g/mol. The summed E-state index contributed by atoms with van der Waals surface area (Å²) in [5.41, 5.74) is -2.37. The number of carbonyl (C=O) groups is 2. The van der Waals surface area contributed by atoms with Gasteiger partial charge in [0.1, 0.15) is 11.2 Å². The zero-order chi connectivity index (χ0) is 25.6. The fraction of sp³-hybridized carbons (Fsp3) is 0.636. The van der Waals surface area contributed by atoms with E-state index in [1.165, 1.54) is 19.1 Å². The van der Waals surface area contributed by atoms with Crippen LogP contribution in [0.4, 0.5) is 26.3 Å². The Morgan fingerprint density at radius 1 is 1.09 bits per heavy atom. The molecular formula is C22H29F6N3O3. The van der Waals surface area contributed by atoms with Crippen LogP contribution in [-0.2, 0) is 4.79 Å². The molecule has 1 aromatic carbocycles. The van der Waals surface area contributed by atoms with Crippen molar-refractivity contribution in [2.24, 2.45) is 11.3 Å². The number of rotatable bonds is 9. The summed E-state index contributed by atoms with van der Waals surface area (Å²) < 4.78 is 80.3. The largest absolute Gasteiger partial charge is 0.573 e. The van der Waals surface area contributed by atoms with Crippen molar-refractivity contribution in [3.63, 3.8) is 0 Å². The molecule has 1 aliphatic heterocycles. The predicted octanol–water partition coefficient (Wildman–Crippen LogP) is 4.12. The Bertz CT molecular complexity index is 838. The van der Waals surface area contributed by atoms with Crippen LogP contribution in [0.5, 0.6) is 5.75 Å². The number of halogens is 6. The third-order valence-corrected chi connectivity index (χ3v) is 6.14. The van der Waals surface area contributed by atoms with Crippen LogP contribution in [0.3, 0.4) is 0 Å². The Labute approximate surface area is 194 Å². The maximum atomic E-state index is 13.2.